The van der Waals surface area contributed by atoms with Gasteiger partial charge in [0.05, 0.1) is 33.0 Å². The number of aromatic nitrogens is 5. The third kappa shape index (κ3) is 4.45. The maximum atomic E-state index is 9.76. The van der Waals surface area contributed by atoms with E-state index in [9.17, 15) is 8.22 Å². The lowest BCUT2D eigenvalue weighted by Crippen LogP contribution is -2.06. The van der Waals surface area contributed by atoms with Crippen molar-refractivity contribution in [3.63, 3.8) is 0 Å². The Hall–Kier alpha value is -6.85. The first-order chi connectivity index (χ1) is 28.1. The normalized spacial score (nSPS) is 13.8. The SMILES string of the molecule is [2H]c1cc([2H])c2c(c1[2H])c1c3c4c([2H])c([2H])cc([2H])c4n(-c4nc(-c5ccccc5)nc(-c5ccccc5)n4)c3c([2H])c([2H])c1n2-c1ccc(-c2ccccc2)cc1. The maximum absolute atomic E-state index is 9.76. The van der Waals surface area contributed by atoms with Crippen molar-refractivity contribution >= 4 is 43.6 Å². The summed E-state index contributed by atoms with van der Waals surface area (Å²) in [6.45, 7) is 0. The van der Waals surface area contributed by atoms with E-state index in [1.54, 1.807) is 4.57 Å². The monoisotopic (exact) mass is 647 g/mol. The van der Waals surface area contributed by atoms with Crippen molar-refractivity contribution < 1.29 is 11.0 Å². The summed E-state index contributed by atoms with van der Waals surface area (Å²) in [6, 6.07) is 37.0. The van der Waals surface area contributed by atoms with Gasteiger partial charge in [0.15, 0.2) is 11.6 Å². The second-order valence-electron chi connectivity index (χ2n) is 11.9. The van der Waals surface area contributed by atoms with Crippen LogP contribution in [-0.2, 0) is 0 Å². The van der Waals surface area contributed by atoms with Crippen LogP contribution in [0.15, 0.2) is 176 Å². The molecule has 10 rings (SSSR count). The molecule has 0 spiro atoms. The summed E-state index contributed by atoms with van der Waals surface area (Å²) in [5, 5.41) is 0.802. The van der Waals surface area contributed by atoms with Crippen LogP contribution in [0.1, 0.15) is 11.0 Å². The van der Waals surface area contributed by atoms with Crippen LogP contribution in [0.4, 0.5) is 0 Å². The van der Waals surface area contributed by atoms with E-state index in [1.165, 1.54) is 16.7 Å². The van der Waals surface area contributed by atoms with E-state index in [0.717, 1.165) is 11.1 Å². The summed E-state index contributed by atoms with van der Waals surface area (Å²) >= 11 is 0. The summed E-state index contributed by atoms with van der Waals surface area (Å²) in [4.78, 5) is 14.6. The van der Waals surface area contributed by atoms with Crippen molar-refractivity contribution in [3.8, 4) is 45.5 Å². The first-order valence-electron chi connectivity index (χ1n) is 20.1. The molecule has 0 unspecified atom stereocenters. The Bertz CT molecular complexity index is 3240. The van der Waals surface area contributed by atoms with Crippen LogP contribution in [0.25, 0.3) is 89.2 Å². The summed E-state index contributed by atoms with van der Waals surface area (Å²) in [7, 11) is 0. The fourth-order valence-corrected chi connectivity index (χ4v) is 6.72. The summed E-state index contributed by atoms with van der Waals surface area (Å²) in [5.41, 5.74) is 4.54. The minimum absolute atomic E-state index is 0.0271. The molecule has 10 aromatic rings. The van der Waals surface area contributed by atoms with E-state index < -0.39 is 0 Å². The third-order valence-corrected chi connectivity index (χ3v) is 8.97. The Morgan fingerprint density at radius 1 is 0.380 bits per heavy atom. The Kier molecular flexibility index (Phi) is 4.83. The van der Waals surface area contributed by atoms with Gasteiger partial charge < -0.3 is 4.57 Å². The Labute approximate surface area is 299 Å². The lowest BCUT2D eigenvalue weighted by atomic mass is 10.1. The Morgan fingerprint density at radius 2 is 0.840 bits per heavy atom. The fraction of sp³-hybridized carbons (Fsp3) is 0. The highest BCUT2D eigenvalue weighted by molar-refractivity contribution is 6.28. The molecule has 234 valence electrons. The molecule has 5 nitrogen and oxygen atoms in total. The van der Waals surface area contributed by atoms with Crippen molar-refractivity contribution in [3.05, 3.63) is 176 Å². The molecule has 0 N–H and O–H groups in total. The predicted octanol–water partition coefficient (Wildman–Crippen LogP) is 11.1. The molecule has 7 aromatic carbocycles. The molecule has 0 fully saturated rings. The van der Waals surface area contributed by atoms with Crippen LogP contribution in [0, 0.1) is 0 Å². The smallest absolute Gasteiger partial charge is 0.238 e. The number of para-hydroxylation sites is 2. The lowest BCUT2D eigenvalue weighted by molar-refractivity contribution is 0.953. The summed E-state index contributed by atoms with van der Waals surface area (Å²) in [5.74, 6) is 0.656. The van der Waals surface area contributed by atoms with Crippen molar-refractivity contribution in [2.75, 3.05) is 0 Å². The van der Waals surface area contributed by atoms with Crippen LogP contribution in [0.5, 0.6) is 0 Å². The minimum atomic E-state index is -0.277. The van der Waals surface area contributed by atoms with Gasteiger partial charge in [-0.1, -0.05) is 139 Å². The molecule has 0 aliphatic rings. The highest BCUT2D eigenvalue weighted by atomic mass is 15.2. The van der Waals surface area contributed by atoms with Gasteiger partial charge in [-0.25, -0.2) is 4.98 Å². The van der Waals surface area contributed by atoms with Crippen molar-refractivity contribution in [2.24, 2.45) is 0 Å². The van der Waals surface area contributed by atoms with E-state index in [4.69, 9.17) is 17.7 Å². The molecule has 3 aromatic heterocycles. The van der Waals surface area contributed by atoms with Crippen LogP contribution in [0.2, 0.25) is 0 Å². The van der Waals surface area contributed by atoms with Gasteiger partial charge >= 0.3 is 0 Å². The van der Waals surface area contributed by atoms with Gasteiger partial charge in [0.2, 0.25) is 5.95 Å². The van der Waals surface area contributed by atoms with Gasteiger partial charge in [-0.2, -0.15) is 9.97 Å². The van der Waals surface area contributed by atoms with Gasteiger partial charge in [0, 0.05) is 38.4 Å². The van der Waals surface area contributed by atoms with Gasteiger partial charge in [-0.15, -0.1) is 0 Å². The van der Waals surface area contributed by atoms with Gasteiger partial charge in [-0.3, -0.25) is 4.57 Å². The van der Waals surface area contributed by atoms with E-state index in [0.29, 0.717) is 28.5 Å². The second kappa shape index (κ2) is 11.4. The van der Waals surface area contributed by atoms with Crippen LogP contribution in [0.3, 0.4) is 0 Å². The second-order valence-corrected chi connectivity index (χ2v) is 11.9. The maximum Gasteiger partial charge on any atom is 0.238 e. The molecule has 0 saturated carbocycles. The Balaban J connectivity index is 1.40. The first-order valence-corrected chi connectivity index (χ1v) is 16.1. The molecular formula is C45H29N5. The molecule has 50 heavy (non-hydrogen) atoms. The minimum Gasteiger partial charge on any atom is -0.309 e. The average molecular weight is 648 g/mol. The van der Waals surface area contributed by atoms with Crippen LogP contribution >= 0.6 is 0 Å². The third-order valence-electron chi connectivity index (χ3n) is 8.97. The van der Waals surface area contributed by atoms with Gasteiger partial charge in [0.25, 0.3) is 0 Å². The molecule has 0 aliphatic carbocycles. The van der Waals surface area contributed by atoms with Gasteiger partial charge in [0.1, 0.15) is 0 Å². The quantitative estimate of drug-likeness (QED) is 0.187. The number of hydrogen-bond donors (Lipinski definition) is 0. The number of nitrogens with zero attached hydrogens (tertiary/aromatic N) is 5. The molecule has 0 saturated heterocycles. The topological polar surface area (TPSA) is 48.5 Å². The number of rotatable bonds is 5. The van der Waals surface area contributed by atoms with Crippen molar-refractivity contribution in [1.29, 1.82) is 0 Å². The zero-order valence-corrected chi connectivity index (χ0v) is 26.4. The highest BCUT2D eigenvalue weighted by Gasteiger charge is 2.22. The number of fused-ring (bicyclic) bond motifs is 7. The summed E-state index contributed by atoms with van der Waals surface area (Å²) in [6.07, 6.45) is 0. The van der Waals surface area contributed by atoms with E-state index in [-0.39, 0.29) is 97.9 Å². The zero-order valence-electron chi connectivity index (χ0n) is 34.4. The lowest BCUT2D eigenvalue weighted by Gasteiger charge is -2.11. The fourth-order valence-electron chi connectivity index (χ4n) is 6.72. The number of hydrogen-bond acceptors (Lipinski definition) is 3. The molecule has 0 bridgehead atoms. The molecule has 0 radical (unpaired) electrons. The standard InChI is InChI=1S/C45H29N5/c1-4-14-30(15-5-1)31-24-26-34(27-25-31)49-37-22-12-10-20-35(37)41-39(49)28-29-40-42(41)36-21-11-13-23-38(36)50(40)45-47-43(32-16-6-2-7-17-32)46-44(48-45)33-18-8-3-9-19-33/h1-29H/i10D,11D,20D,21D,22D,23D,28D,29D. The largest absolute Gasteiger partial charge is 0.309 e. The molecular weight excluding hydrogens is 611 g/mol. The molecule has 0 aliphatic heterocycles. The van der Waals surface area contributed by atoms with Crippen LogP contribution in [-0.4, -0.2) is 24.1 Å². The van der Waals surface area contributed by atoms with Gasteiger partial charge in [-0.05, 0) is 47.4 Å². The molecule has 0 amide bonds. The highest BCUT2D eigenvalue weighted by Crippen LogP contribution is 2.42. The van der Waals surface area contributed by atoms with Crippen molar-refractivity contribution in [1.82, 2.24) is 24.1 Å². The van der Waals surface area contributed by atoms with E-state index in [2.05, 4.69) is 0 Å². The molecule has 3 heterocycles. The van der Waals surface area contributed by atoms with E-state index >= 15 is 0 Å². The molecule has 5 heteroatoms. The average Bonchev–Trinajstić information content (AvgIpc) is 3.81. The van der Waals surface area contributed by atoms with Crippen LogP contribution < -0.4 is 0 Å². The number of benzene rings is 7. The van der Waals surface area contributed by atoms with Crippen molar-refractivity contribution in [2.45, 2.75) is 0 Å². The molecule has 0 atom stereocenters. The Morgan fingerprint density at radius 3 is 1.38 bits per heavy atom. The predicted molar refractivity (Wildman–Crippen MR) is 205 cm³/mol. The van der Waals surface area contributed by atoms with E-state index in [1.807, 2.05) is 115 Å². The first kappa shape index (κ1) is 21.2. The summed E-state index contributed by atoms with van der Waals surface area (Å²) < 4.78 is 77.3. The zero-order chi connectivity index (χ0) is 40.0.